The predicted molar refractivity (Wildman–Crippen MR) is 70.4 cm³/mol. The lowest BCUT2D eigenvalue weighted by molar-refractivity contribution is -0.128. The summed E-state index contributed by atoms with van der Waals surface area (Å²) >= 11 is 3.37. The zero-order valence-electron chi connectivity index (χ0n) is 9.46. The van der Waals surface area contributed by atoms with E-state index in [9.17, 15) is 4.79 Å². The van der Waals surface area contributed by atoms with E-state index in [0.717, 1.165) is 10.2 Å². The van der Waals surface area contributed by atoms with E-state index >= 15 is 0 Å². The fourth-order valence-electron chi connectivity index (χ4n) is 1.21. The number of rotatable bonds is 4. The summed E-state index contributed by atoms with van der Waals surface area (Å²) in [5.41, 5.74) is 7.32. The zero-order chi connectivity index (χ0) is 12.1. The third kappa shape index (κ3) is 3.73. The van der Waals surface area contributed by atoms with Gasteiger partial charge in [0.2, 0.25) is 5.91 Å². The summed E-state index contributed by atoms with van der Waals surface area (Å²) in [7, 11) is 3.49. The lowest BCUT2D eigenvalue weighted by Crippen LogP contribution is -2.24. The van der Waals surface area contributed by atoms with Crippen molar-refractivity contribution in [3.8, 4) is 0 Å². The largest absolute Gasteiger partial charge is 0.397 e. The van der Waals surface area contributed by atoms with Crippen LogP contribution in [0.15, 0.2) is 22.7 Å². The molecule has 1 aromatic carbocycles. The van der Waals surface area contributed by atoms with Crippen molar-refractivity contribution in [2.75, 3.05) is 31.7 Å². The second kappa shape index (κ2) is 5.75. The fourth-order valence-corrected chi connectivity index (χ4v) is 1.57. The molecular weight excluding hydrogens is 270 g/mol. The Morgan fingerprint density at radius 3 is 2.81 bits per heavy atom. The number of amides is 1. The van der Waals surface area contributed by atoms with Gasteiger partial charge in [-0.2, -0.15) is 0 Å². The number of carbonyl (C=O) groups is 1. The highest BCUT2D eigenvalue weighted by atomic mass is 79.9. The molecule has 0 saturated carbocycles. The van der Waals surface area contributed by atoms with Crippen molar-refractivity contribution in [3.63, 3.8) is 0 Å². The van der Waals surface area contributed by atoms with Crippen molar-refractivity contribution in [3.05, 3.63) is 22.7 Å². The molecule has 0 heterocycles. The number of hydrogen-bond donors (Lipinski definition) is 2. The molecule has 16 heavy (non-hydrogen) atoms. The maximum absolute atomic E-state index is 11.3. The number of hydrogen-bond acceptors (Lipinski definition) is 3. The first-order valence-corrected chi connectivity index (χ1v) is 5.79. The van der Waals surface area contributed by atoms with Gasteiger partial charge >= 0.3 is 0 Å². The second-order valence-electron chi connectivity index (χ2n) is 3.70. The molecule has 5 heteroatoms. The number of nitrogens with one attached hydrogen (secondary N) is 1. The van der Waals surface area contributed by atoms with Crippen LogP contribution in [0.1, 0.15) is 6.42 Å². The summed E-state index contributed by atoms with van der Waals surface area (Å²) in [5, 5.41) is 3.14. The number of anilines is 2. The number of benzene rings is 1. The van der Waals surface area contributed by atoms with Crippen LogP contribution in [-0.4, -0.2) is 31.4 Å². The molecule has 1 aromatic rings. The van der Waals surface area contributed by atoms with Crippen LogP contribution < -0.4 is 11.1 Å². The van der Waals surface area contributed by atoms with Gasteiger partial charge in [0, 0.05) is 31.5 Å². The molecule has 3 N–H and O–H groups in total. The van der Waals surface area contributed by atoms with E-state index in [2.05, 4.69) is 21.2 Å². The van der Waals surface area contributed by atoms with Crippen LogP contribution >= 0.6 is 15.9 Å². The molecule has 0 aliphatic carbocycles. The van der Waals surface area contributed by atoms with Crippen molar-refractivity contribution < 1.29 is 4.79 Å². The third-order valence-corrected chi connectivity index (χ3v) is 2.66. The van der Waals surface area contributed by atoms with Gasteiger partial charge in [0.1, 0.15) is 0 Å². The molecule has 0 radical (unpaired) electrons. The fraction of sp³-hybridized carbons (Fsp3) is 0.364. The number of halogens is 1. The van der Waals surface area contributed by atoms with Gasteiger partial charge in [-0.1, -0.05) is 15.9 Å². The molecule has 0 bridgehead atoms. The number of nitrogens with two attached hydrogens (primary N) is 1. The summed E-state index contributed by atoms with van der Waals surface area (Å²) in [5.74, 6) is 0.0982. The molecule has 0 aliphatic rings. The van der Waals surface area contributed by atoms with E-state index < -0.39 is 0 Å². The quantitative estimate of drug-likeness (QED) is 0.831. The summed E-state index contributed by atoms with van der Waals surface area (Å²) in [6.45, 7) is 0.581. The highest BCUT2D eigenvalue weighted by molar-refractivity contribution is 9.10. The molecule has 1 amide bonds. The Morgan fingerprint density at radius 2 is 2.19 bits per heavy atom. The van der Waals surface area contributed by atoms with Gasteiger partial charge in [0.05, 0.1) is 11.4 Å². The molecule has 0 unspecified atom stereocenters. The molecule has 0 aliphatic heterocycles. The van der Waals surface area contributed by atoms with Gasteiger partial charge in [0.25, 0.3) is 0 Å². The van der Waals surface area contributed by atoms with Crippen molar-refractivity contribution in [1.82, 2.24) is 4.90 Å². The molecule has 0 aromatic heterocycles. The van der Waals surface area contributed by atoms with E-state index in [4.69, 9.17) is 5.73 Å². The highest BCUT2D eigenvalue weighted by Gasteiger charge is 2.04. The Hall–Kier alpha value is -1.23. The summed E-state index contributed by atoms with van der Waals surface area (Å²) in [6.07, 6.45) is 0.457. The van der Waals surface area contributed by atoms with E-state index in [0.29, 0.717) is 18.7 Å². The normalized spacial score (nSPS) is 9.94. The van der Waals surface area contributed by atoms with Crippen LogP contribution in [-0.2, 0) is 4.79 Å². The maximum atomic E-state index is 11.3. The van der Waals surface area contributed by atoms with Crippen molar-refractivity contribution >= 4 is 33.2 Å². The average molecular weight is 286 g/mol. The number of carbonyl (C=O) groups excluding carboxylic acids is 1. The predicted octanol–water partition coefficient (Wildman–Crippen LogP) is 1.92. The van der Waals surface area contributed by atoms with E-state index in [1.165, 1.54) is 0 Å². The minimum absolute atomic E-state index is 0.0982. The van der Waals surface area contributed by atoms with Gasteiger partial charge in [-0.05, 0) is 18.2 Å². The van der Waals surface area contributed by atoms with Gasteiger partial charge in [-0.25, -0.2) is 0 Å². The smallest absolute Gasteiger partial charge is 0.223 e. The van der Waals surface area contributed by atoms with E-state index in [1.54, 1.807) is 19.0 Å². The Morgan fingerprint density at radius 1 is 1.50 bits per heavy atom. The van der Waals surface area contributed by atoms with Crippen LogP contribution in [0.25, 0.3) is 0 Å². The maximum Gasteiger partial charge on any atom is 0.223 e. The molecular formula is C11H16BrN3O. The molecule has 0 saturated heterocycles. The summed E-state index contributed by atoms with van der Waals surface area (Å²) in [6, 6.07) is 5.60. The molecule has 0 atom stereocenters. The van der Waals surface area contributed by atoms with E-state index in [1.807, 2.05) is 18.2 Å². The lowest BCUT2D eigenvalue weighted by Gasteiger charge is -2.12. The summed E-state index contributed by atoms with van der Waals surface area (Å²) in [4.78, 5) is 12.9. The SMILES string of the molecule is CN(C)C(=O)CCNc1cc(Br)ccc1N. The molecule has 88 valence electrons. The number of nitrogen functional groups attached to an aromatic ring is 1. The van der Waals surface area contributed by atoms with Crippen LogP contribution in [0, 0.1) is 0 Å². The first-order valence-electron chi connectivity index (χ1n) is 4.99. The monoisotopic (exact) mass is 285 g/mol. The van der Waals surface area contributed by atoms with Crippen LogP contribution in [0.5, 0.6) is 0 Å². The number of nitrogens with zero attached hydrogens (tertiary/aromatic N) is 1. The molecule has 1 rings (SSSR count). The minimum Gasteiger partial charge on any atom is -0.397 e. The lowest BCUT2D eigenvalue weighted by atomic mass is 10.2. The standard InChI is InChI=1S/C11H16BrN3O/c1-15(2)11(16)5-6-14-10-7-8(12)3-4-9(10)13/h3-4,7,14H,5-6,13H2,1-2H3. The second-order valence-corrected chi connectivity index (χ2v) is 4.61. The molecule has 0 fully saturated rings. The van der Waals surface area contributed by atoms with Gasteiger partial charge in [-0.15, -0.1) is 0 Å². The highest BCUT2D eigenvalue weighted by Crippen LogP contribution is 2.23. The average Bonchev–Trinajstić information content (AvgIpc) is 2.22. The first-order chi connectivity index (χ1) is 7.50. The van der Waals surface area contributed by atoms with Crippen LogP contribution in [0.4, 0.5) is 11.4 Å². The Balaban J connectivity index is 2.49. The topological polar surface area (TPSA) is 58.4 Å². The zero-order valence-corrected chi connectivity index (χ0v) is 11.0. The van der Waals surface area contributed by atoms with E-state index in [-0.39, 0.29) is 5.91 Å². The van der Waals surface area contributed by atoms with Gasteiger partial charge in [-0.3, -0.25) is 4.79 Å². The Labute approximate surface area is 104 Å². The summed E-state index contributed by atoms with van der Waals surface area (Å²) < 4.78 is 0.961. The molecule has 4 nitrogen and oxygen atoms in total. The van der Waals surface area contributed by atoms with Crippen LogP contribution in [0.3, 0.4) is 0 Å². The Kier molecular flexibility index (Phi) is 4.61. The van der Waals surface area contributed by atoms with Crippen molar-refractivity contribution in [2.45, 2.75) is 6.42 Å². The third-order valence-electron chi connectivity index (χ3n) is 2.17. The minimum atomic E-state index is 0.0982. The van der Waals surface area contributed by atoms with Crippen molar-refractivity contribution in [1.29, 1.82) is 0 Å². The Bertz CT molecular complexity index is 379. The molecule has 0 spiro atoms. The van der Waals surface area contributed by atoms with Crippen molar-refractivity contribution in [2.24, 2.45) is 0 Å². The van der Waals surface area contributed by atoms with Gasteiger partial charge < -0.3 is 16.0 Å². The van der Waals surface area contributed by atoms with Crippen LogP contribution in [0.2, 0.25) is 0 Å². The van der Waals surface area contributed by atoms with Gasteiger partial charge in [0.15, 0.2) is 0 Å². The first kappa shape index (κ1) is 12.8.